The van der Waals surface area contributed by atoms with Gasteiger partial charge in [-0.05, 0) is 40.5 Å². The topological polar surface area (TPSA) is 32.9 Å². The van der Waals surface area contributed by atoms with E-state index in [2.05, 4.69) is 20.9 Å². The van der Waals surface area contributed by atoms with Crippen molar-refractivity contribution >= 4 is 44.0 Å². The summed E-state index contributed by atoms with van der Waals surface area (Å²) in [6, 6.07) is 9.77. The number of hydrogen-bond donors (Lipinski definition) is 1. The second-order valence-corrected chi connectivity index (χ2v) is 6.51. The number of carbonyl (C=O) groups is 1. The summed E-state index contributed by atoms with van der Waals surface area (Å²) in [5.74, 6) is 0.0752. The molecule has 0 atom stereocenters. The Hall–Kier alpha value is -1.39. The predicted molar refractivity (Wildman–Crippen MR) is 78.5 cm³/mol. The zero-order chi connectivity index (χ0) is 12.7. The van der Waals surface area contributed by atoms with E-state index in [-0.39, 0.29) is 5.78 Å². The standard InChI is InChI=1S/C14H10BrNOS/c1-8-6-12(18-14(8)15)13(17)10-7-16-11-5-3-2-4-9(10)11/h2-7,16H,1H3. The van der Waals surface area contributed by atoms with Gasteiger partial charge in [0.15, 0.2) is 0 Å². The van der Waals surface area contributed by atoms with Crippen molar-refractivity contribution in [3.8, 4) is 0 Å². The summed E-state index contributed by atoms with van der Waals surface area (Å²) >= 11 is 4.94. The first-order valence-corrected chi connectivity index (χ1v) is 7.14. The van der Waals surface area contributed by atoms with Gasteiger partial charge in [0.1, 0.15) is 0 Å². The van der Waals surface area contributed by atoms with Crippen molar-refractivity contribution in [2.45, 2.75) is 6.92 Å². The third-order valence-electron chi connectivity index (χ3n) is 2.91. The molecule has 0 unspecified atom stereocenters. The Morgan fingerprint density at radius 3 is 2.83 bits per heavy atom. The molecule has 1 N–H and O–H groups in total. The van der Waals surface area contributed by atoms with Gasteiger partial charge in [-0.25, -0.2) is 0 Å². The summed E-state index contributed by atoms with van der Waals surface area (Å²) in [6.07, 6.45) is 1.79. The van der Waals surface area contributed by atoms with Crippen LogP contribution in [0.5, 0.6) is 0 Å². The van der Waals surface area contributed by atoms with Gasteiger partial charge in [-0.1, -0.05) is 18.2 Å². The van der Waals surface area contributed by atoms with Crippen LogP contribution in [-0.4, -0.2) is 10.8 Å². The number of para-hydroxylation sites is 1. The molecule has 0 fully saturated rings. The zero-order valence-electron chi connectivity index (χ0n) is 9.66. The molecule has 0 aliphatic rings. The van der Waals surface area contributed by atoms with E-state index in [9.17, 15) is 4.79 Å². The maximum absolute atomic E-state index is 12.5. The number of thiophene rings is 1. The highest BCUT2D eigenvalue weighted by atomic mass is 79.9. The van der Waals surface area contributed by atoms with Gasteiger partial charge in [0, 0.05) is 22.7 Å². The molecule has 0 amide bonds. The fourth-order valence-electron chi connectivity index (χ4n) is 1.96. The molecule has 0 saturated heterocycles. The molecule has 90 valence electrons. The van der Waals surface area contributed by atoms with Crippen molar-refractivity contribution in [2.75, 3.05) is 0 Å². The monoisotopic (exact) mass is 319 g/mol. The van der Waals surface area contributed by atoms with Crippen LogP contribution in [0.15, 0.2) is 40.3 Å². The average molecular weight is 320 g/mol. The van der Waals surface area contributed by atoms with Crippen LogP contribution in [0.1, 0.15) is 20.8 Å². The van der Waals surface area contributed by atoms with Gasteiger partial charge in [-0.3, -0.25) is 4.79 Å². The quantitative estimate of drug-likeness (QED) is 0.691. The van der Waals surface area contributed by atoms with E-state index in [1.807, 2.05) is 37.3 Å². The lowest BCUT2D eigenvalue weighted by atomic mass is 10.1. The van der Waals surface area contributed by atoms with Crippen LogP contribution in [0.4, 0.5) is 0 Å². The number of hydrogen-bond acceptors (Lipinski definition) is 2. The smallest absolute Gasteiger partial charge is 0.205 e. The largest absolute Gasteiger partial charge is 0.360 e. The molecule has 3 aromatic rings. The molecule has 0 aliphatic heterocycles. The minimum absolute atomic E-state index is 0.0752. The molecule has 2 aromatic heterocycles. The summed E-state index contributed by atoms with van der Waals surface area (Å²) < 4.78 is 1.02. The first kappa shape index (κ1) is 11.7. The maximum Gasteiger partial charge on any atom is 0.205 e. The van der Waals surface area contributed by atoms with Crippen molar-refractivity contribution in [2.24, 2.45) is 0 Å². The molecule has 0 saturated carbocycles. The lowest BCUT2D eigenvalue weighted by Gasteiger charge is -1.95. The van der Waals surface area contributed by atoms with Crippen molar-refractivity contribution in [3.05, 3.63) is 56.3 Å². The van der Waals surface area contributed by atoms with E-state index in [0.29, 0.717) is 0 Å². The Kier molecular flexibility index (Phi) is 2.84. The molecule has 2 nitrogen and oxygen atoms in total. The lowest BCUT2D eigenvalue weighted by Crippen LogP contribution is -1.96. The van der Waals surface area contributed by atoms with E-state index >= 15 is 0 Å². The number of aromatic amines is 1. The van der Waals surface area contributed by atoms with Crippen LogP contribution in [0, 0.1) is 6.92 Å². The number of rotatable bonds is 2. The van der Waals surface area contributed by atoms with Crippen molar-refractivity contribution in [1.29, 1.82) is 0 Å². The second-order valence-electron chi connectivity index (χ2n) is 4.14. The summed E-state index contributed by atoms with van der Waals surface area (Å²) in [6.45, 7) is 1.99. The number of aromatic nitrogens is 1. The van der Waals surface area contributed by atoms with E-state index in [4.69, 9.17) is 0 Å². The number of ketones is 1. The number of H-pyrrole nitrogens is 1. The van der Waals surface area contributed by atoms with Crippen molar-refractivity contribution in [1.82, 2.24) is 4.98 Å². The molecule has 1 aromatic carbocycles. The van der Waals surface area contributed by atoms with Crippen LogP contribution >= 0.6 is 27.3 Å². The average Bonchev–Trinajstić information content (AvgIpc) is 2.93. The van der Waals surface area contributed by atoms with Crippen LogP contribution in [0.3, 0.4) is 0 Å². The van der Waals surface area contributed by atoms with Gasteiger partial charge in [-0.2, -0.15) is 0 Å². The number of fused-ring (bicyclic) bond motifs is 1. The van der Waals surface area contributed by atoms with Crippen molar-refractivity contribution < 1.29 is 4.79 Å². The predicted octanol–water partition coefficient (Wildman–Crippen LogP) is 4.53. The summed E-state index contributed by atoms with van der Waals surface area (Å²) in [4.78, 5) is 16.4. The maximum atomic E-state index is 12.5. The Morgan fingerprint density at radius 2 is 2.11 bits per heavy atom. The van der Waals surface area contributed by atoms with Gasteiger partial charge in [0.05, 0.1) is 8.66 Å². The van der Waals surface area contributed by atoms with E-state index in [0.717, 1.165) is 30.7 Å². The van der Waals surface area contributed by atoms with Gasteiger partial charge in [0.25, 0.3) is 0 Å². The first-order valence-electron chi connectivity index (χ1n) is 5.53. The number of halogens is 1. The molecule has 18 heavy (non-hydrogen) atoms. The lowest BCUT2D eigenvalue weighted by molar-refractivity contribution is 0.104. The Labute approximate surface area is 117 Å². The van der Waals surface area contributed by atoms with Crippen LogP contribution in [-0.2, 0) is 0 Å². The molecule has 0 radical (unpaired) electrons. The minimum atomic E-state index is 0.0752. The van der Waals surface area contributed by atoms with E-state index < -0.39 is 0 Å². The third-order valence-corrected chi connectivity index (χ3v) is 5.05. The Bertz CT molecular complexity index is 722. The highest BCUT2D eigenvalue weighted by Crippen LogP contribution is 2.30. The molecule has 2 heterocycles. The first-order chi connectivity index (χ1) is 8.66. The number of aryl methyl sites for hydroxylation is 1. The van der Waals surface area contributed by atoms with Crippen molar-refractivity contribution in [3.63, 3.8) is 0 Å². The molecule has 4 heteroatoms. The molecule has 0 spiro atoms. The SMILES string of the molecule is Cc1cc(C(=O)c2c[nH]c3ccccc23)sc1Br. The van der Waals surface area contributed by atoms with E-state index in [1.165, 1.54) is 11.3 Å². The minimum Gasteiger partial charge on any atom is -0.360 e. The van der Waals surface area contributed by atoms with Gasteiger partial charge in [0.2, 0.25) is 5.78 Å². The van der Waals surface area contributed by atoms with Gasteiger partial charge in [-0.15, -0.1) is 11.3 Å². The second kappa shape index (κ2) is 4.37. The molecular formula is C14H10BrNOS. The zero-order valence-corrected chi connectivity index (χ0v) is 12.1. The number of carbonyl (C=O) groups excluding carboxylic acids is 1. The normalized spacial score (nSPS) is 11.0. The van der Waals surface area contributed by atoms with Crippen LogP contribution < -0.4 is 0 Å². The van der Waals surface area contributed by atoms with E-state index in [1.54, 1.807) is 6.20 Å². The summed E-state index contributed by atoms with van der Waals surface area (Å²) in [7, 11) is 0. The Balaban J connectivity index is 2.12. The molecule has 0 bridgehead atoms. The highest BCUT2D eigenvalue weighted by Gasteiger charge is 2.16. The Morgan fingerprint density at radius 1 is 1.33 bits per heavy atom. The highest BCUT2D eigenvalue weighted by molar-refractivity contribution is 9.11. The fourth-order valence-corrected chi connectivity index (χ4v) is 3.45. The number of benzene rings is 1. The summed E-state index contributed by atoms with van der Waals surface area (Å²) in [5, 5.41) is 0.977. The molecule has 3 rings (SSSR count). The van der Waals surface area contributed by atoms with Gasteiger partial charge < -0.3 is 4.98 Å². The third kappa shape index (κ3) is 1.82. The fraction of sp³-hybridized carbons (Fsp3) is 0.0714. The number of nitrogens with one attached hydrogen (secondary N) is 1. The molecular weight excluding hydrogens is 310 g/mol. The van der Waals surface area contributed by atoms with Gasteiger partial charge >= 0.3 is 0 Å². The summed E-state index contributed by atoms with van der Waals surface area (Å²) in [5.41, 5.74) is 2.83. The van der Waals surface area contributed by atoms with Crippen LogP contribution in [0.25, 0.3) is 10.9 Å². The van der Waals surface area contributed by atoms with Crippen LogP contribution in [0.2, 0.25) is 0 Å². The molecule has 0 aliphatic carbocycles.